The van der Waals surface area contributed by atoms with Gasteiger partial charge in [-0.1, -0.05) is 54.4 Å². The van der Waals surface area contributed by atoms with Gasteiger partial charge in [-0.05, 0) is 61.7 Å². The normalized spacial score (nSPS) is 11.4. The predicted molar refractivity (Wildman–Crippen MR) is 118 cm³/mol. The first-order valence-corrected chi connectivity index (χ1v) is 10.1. The second-order valence-electron chi connectivity index (χ2n) is 7.48. The number of rotatable bonds is 7. The largest absolute Gasteiger partial charge is 0.489 e. The second-order valence-corrected chi connectivity index (χ2v) is 7.48. The van der Waals surface area contributed by atoms with Gasteiger partial charge in [-0.15, -0.1) is 0 Å². The molecule has 0 heterocycles. The average Bonchev–Trinajstić information content (AvgIpc) is 2.75. The van der Waals surface area contributed by atoms with Crippen molar-refractivity contribution < 1.29 is 9.53 Å². The predicted octanol–water partition coefficient (Wildman–Crippen LogP) is 5.64. The van der Waals surface area contributed by atoms with Crippen LogP contribution in [0.5, 0.6) is 5.75 Å². The molecular formula is C26H26N2O2. The van der Waals surface area contributed by atoms with Gasteiger partial charge in [0.05, 0.1) is 17.7 Å². The number of hydrogen-bond donors (Lipinski definition) is 1. The van der Waals surface area contributed by atoms with Crippen molar-refractivity contribution in [1.29, 1.82) is 5.26 Å². The van der Waals surface area contributed by atoms with E-state index in [1.807, 2.05) is 30.3 Å². The summed E-state index contributed by atoms with van der Waals surface area (Å²) in [6, 6.07) is 22.9. The maximum atomic E-state index is 12.9. The molecule has 0 radical (unpaired) electrons. The molecule has 0 aromatic heterocycles. The van der Waals surface area contributed by atoms with Crippen LogP contribution in [0.25, 0.3) is 0 Å². The van der Waals surface area contributed by atoms with Crippen molar-refractivity contribution >= 4 is 5.91 Å². The lowest BCUT2D eigenvalue weighted by atomic mass is 9.99. The first kappa shape index (κ1) is 21.1. The Bertz CT molecular complexity index is 1060. The zero-order chi connectivity index (χ0) is 21.5. The van der Waals surface area contributed by atoms with Crippen LogP contribution >= 0.6 is 0 Å². The zero-order valence-corrected chi connectivity index (χ0v) is 17.6. The topological polar surface area (TPSA) is 62.1 Å². The molecule has 1 amide bonds. The van der Waals surface area contributed by atoms with Gasteiger partial charge < -0.3 is 10.1 Å². The summed E-state index contributed by atoms with van der Waals surface area (Å²) < 4.78 is 5.78. The Labute approximate surface area is 178 Å². The summed E-state index contributed by atoms with van der Waals surface area (Å²) in [5, 5.41) is 12.2. The molecule has 1 atom stereocenters. The zero-order valence-electron chi connectivity index (χ0n) is 17.6. The lowest BCUT2D eigenvalue weighted by Crippen LogP contribution is -2.28. The summed E-state index contributed by atoms with van der Waals surface area (Å²) in [6.45, 7) is 6.54. The number of benzene rings is 3. The lowest BCUT2D eigenvalue weighted by Gasteiger charge is -2.19. The lowest BCUT2D eigenvalue weighted by molar-refractivity contribution is 0.0935. The Morgan fingerprint density at radius 1 is 1.03 bits per heavy atom. The van der Waals surface area contributed by atoms with Gasteiger partial charge in [0.15, 0.2) is 0 Å². The summed E-state index contributed by atoms with van der Waals surface area (Å²) in [6.07, 6.45) is 0.812. The molecular weight excluding hydrogens is 372 g/mol. The van der Waals surface area contributed by atoms with E-state index in [1.165, 1.54) is 11.1 Å². The van der Waals surface area contributed by atoms with Crippen LogP contribution in [0.4, 0.5) is 0 Å². The molecule has 4 heteroatoms. The van der Waals surface area contributed by atoms with Crippen LogP contribution in [0.15, 0.2) is 66.7 Å². The van der Waals surface area contributed by atoms with Gasteiger partial charge >= 0.3 is 0 Å². The second kappa shape index (κ2) is 9.76. The third kappa shape index (κ3) is 5.48. The number of amides is 1. The van der Waals surface area contributed by atoms with Crippen LogP contribution in [0.3, 0.4) is 0 Å². The number of nitrogens with zero attached hydrogens (tertiary/aromatic N) is 1. The number of nitriles is 1. The molecule has 0 spiro atoms. The van der Waals surface area contributed by atoms with E-state index in [2.05, 4.69) is 50.4 Å². The van der Waals surface area contributed by atoms with Crippen molar-refractivity contribution in [3.8, 4) is 11.8 Å². The third-order valence-corrected chi connectivity index (χ3v) is 4.92. The molecule has 4 nitrogen and oxygen atoms in total. The summed E-state index contributed by atoms with van der Waals surface area (Å²) in [5.74, 6) is 0.527. The fourth-order valence-electron chi connectivity index (χ4n) is 3.50. The van der Waals surface area contributed by atoms with Crippen LogP contribution in [0.2, 0.25) is 0 Å². The highest BCUT2D eigenvalue weighted by molar-refractivity contribution is 5.94. The number of aryl methyl sites for hydroxylation is 2. The smallest absolute Gasteiger partial charge is 0.251 e. The Balaban J connectivity index is 1.69. The van der Waals surface area contributed by atoms with Crippen LogP contribution in [0.1, 0.15) is 57.6 Å². The Hall–Kier alpha value is -3.58. The van der Waals surface area contributed by atoms with Crippen molar-refractivity contribution in [2.75, 3.05) is 0 Å². The SMILES string of the molecule is CCC(NC(=O)c1cccc(COc2cccc(C#N)c2)c1)c1cc(C)cc(C)c1. The van der Waals surface area contributed by atoms with Crippen molar-refractivity contribution in [3.05, 3.63) is 100 Å². The van der Waals surface area contributed by atoms with Crippen molar-refractivity contribution in [2.24, 2.45) is 0 Å². The quantitative estimate of drug-likeness (QED) is 0.560. The first-order chi connectivity index (χ1) is 14.5. The molecule has 1 unspecified atom stereocenters. The standard InChI is InChI=1S/C26H26N2O2/c1-4-25(23-12-18(2)11-19(3)13-23)28-26(29)22-9-5-8-21(14-22)17-30-24-10-6-7-20(15-24)16-27/h5-15,25H,4,17H2,1-3H3,(H,28,29). The number of nitrogens with one attached hydrogen (secondary N) is 1. The van der Waals surface area contributed by atoms with E-state index in [-0.39, 0.29) is 11.9 Å². The highest BCUT2D eigenvalue weighted by Crippen LogP contribution is 2.21. The fraction of sp³-hybridized carbons (Fsp3) is 0.231. The Morgan fingerprint density at radius 2 is 1.77 bits per heavy atom. The molecule has 30 heavy (non-hydrogen) atoms. The first-order valence-electron chi connectivity index (χ1n) is 10.1. The van der Waals surface area contributed by atoms with Crippen LogP contribution in [-0.4, -0.2) is 5.91 Å². The molecule has 0 bridgehead atoms. The maximum Gasteiger partial charge on any atom is 0.251 e. The fourth-order valence-corrected chi connectivity index (χ4v) is 3.50. The van der Waals surface area contributed by atoms with E-state index in [4.69, 9.17) is 10.00 Å². The van der Waals surface area contributed by atoms with E-state index in [0.29, 0.717) is 23.5 Å². The van der Waals surface area contributed by atoms with E-state index < -0.39 is 0 Å². The number of ether oxygens (including phenoxy) is 1. The van der Waals surface area contributed by atoms with Crippen molar-refractivity contribution in [2.45, 2.75) is 39.8 Å². The molecule has 3 aromatic carbocycles. The third-order valence-electron chi connectivity index (χ3n) is 4.92. The minimum absolute atomic E-state index is 0.0373. The van der Waals surface area contributed by atoms with Gasteiger partial charge in [0, 0.05) is 5.56 Å². The van der Waals surface area contributed by atoms with Gasteiger partial charge in [0.2, 0.25) is 0 Å². The van der Waals surface area contributed by atoms with E-state index >= 15 is 0 Å². The van der Waals surface area contributed by atoms with Crippen LogP contribution in [0, 0.1) is 25.2 Å². The van der Waals surface area contributed by atoms with Crippen molar-refractivity contribution in [3.63, 3.8) is 0 Å². The highest BCUT2D eigenvalue weighted by Gasteiger charge is 2.15. The Morgan fingerprint density at radius 3 is 2.47 bits per heavy atom. The molecule has 3 rings (SSSR count). The molecule has 3 aromatic rings. The Kier molecular flexibility index (Phi) is 6.87. The van der Waals surface area contributed by atoms with Gasteiger partial charge in [0.25, 0.3) is 5.91 Å². The minimum Gasteiger partial charge on any atom is -0.489 e. The van der Waals surface area contributed by atoms with E-state index in [0.717, 1.165) is 17.5 Å². The summed E-state index contributed by atoms with van der Waals surface area (Å²) in [4.78, 5) is 12.9. The molecule has 1 N–H and O–H groups in total. The summed E-state index contributed by atoms with van der Waals surface area (Å²) in [7, 11) is 0. The van der Waals surface area contributed by atoms with E-state index in [1.54, 1.807) is 18.2 Å². The molecule has 0 fully saturated rings. The van der Waals surface area contributed by atoms with Gasteiger partial charge in [0.1, 0.15) is 12.4 Å². The molecule has 0 aliphatic heterocycles. The summed E-state index contributed by atoms with van der Waals surface area (Å²) >= 11 is 0. The van der Waals surface area contributed by atoms with Crippen LogP contribution < -0.4 is 10.1 Å². The average molecular weight is 399 g/mol. The van der Waals surface area contributed by atoms with Crippen LogP contribution in [-0.2, 0) is 6.61 Å². The van der Waals surface area contributed by atoms with Gasteiger partial charge in [-0.3, -0.25) is 4.79 Å². The number of carbonyl (C=O) groups excluding carboxylic acids is 1. The monoisotopic (exact) mass is 398 g/mol. The molecule has 0 saturated carbocycles. The number of carbonyl (C=O) groups is 1. The molecule has 0 aliphatic carbocycles. The van der Waals surface area contributed by atoms with E-state index in [9.17, 15) is 4.79 Å². The molecule has 0 saturated heterocycles. The maximum absolute atomic E-state index is 12.9. The van der Waals surface area contributed by atoms with Gasteiger partial charge in [-0.2, -0.15) is 5.26 Å². The molecule has 152 valence electrons. The number of hydrogen-bond acceptors (Lipinski definition) is 3. The van der Waals surface area contributed by atoms with Crippen molar-refractivity contribution in [1.82, 2.24) is 5.32 Å². The van der Waals surface area contributed by atoms with Gasteiger partial charge in [-0.25, -0.2) is 0 Å². The minimum atomic E-state index is -0.102. The summed E-state index contributed by atoms with van der Waals surface area (Å²) in [5.41, 5.74) is 5.56. The molecule has 0 aliphatic rings. The highest BCUT2D eigenvalue weighted by atomic mass is 16.5.